The second kappa shape index (κ2) is 8.14. The van der Waals surface area contributed by atoms with Crippen LogP contribution in [0, 0.1) is 26.6 Å². The molecule has 0 aliphatic heterocycles. The highest BCUT2D eigenvalue weighted by atomic mass is 19.1. The molecule has 0 saturated heterocycles. The van der Waals surface area contributed by atoms with Crippen LogP contribution in [0.4, 0.5) is 4.39 Å². The van der Waals surface area contributed by atoms with Gasteiger partial charge < -0.3 is 9.30 Å². The number of rotatable bonds is 5. The van der Waals surface area contributed by atoms with Crippen molar-refractivity contribution < 1.29 is 18.7 Å². The molecule has 0 unspecified atom stereocenters. The predicted molar refractivity (Wildman–Crippen MR) is 116 cm³/mol. The number of nitrogens with zero attached hydrogens (tertiary/aromatic N) is 2. The van der Waals surface area contributed by atoms with Gasteiger partial charge in [0.25, 0.3) is 0 Å². The Morgan fingerprint density at radius 3 is 2.52 bits per heavy atom. The van der Waals surface area contributed by atoms with Gasteiger partial charge in [-0.25, -0.2) is 9.18 Å². The summed E-state index contributed by atoms with van der Waals surface area (Å²) in [5.41, 5.74) is 4.27. The zero-order valence-electron chi connectivity index (χ0n) is 17.5. The molecule has 2 aromatic carbocycles. The van der Waals surface area contributed by atoms with Crippen LogP contribution in [0.3, 0.4) is 0 Å². The number of benzene rings is 2. The molecular formula is C25H21FN2O3. The van der Waals surface area contributed by atoms with Crippen LogP contribution in [-0.4, -0.2) is 27.9 Å². The Morgan fingerprint density at radius 2 is 1.74 bits per heavy atom. The number of Topliss-reactive ketones (excluding diaryl/α,β-unsaturated/α-hetero) is 1. The summed E-state index contributed by atoms with van der Waals surface area (Å²) in [7, 11) is 0. The lowest BCUT2D eigenvalue weighted by molar-refractivity contribution is 0.0476. The Hall–Kier alpha value is -3.80. The smallest absolute Gasteiger partial charge is 0.339 e. The Balaban J connectivity index is 1.56. The van der Waals surface area contributed by atoms with Gasteiger partial charge >= 0.3 is 5.97 Å². The number of carbonyl (C=O) groups excluding carboxylic acids is 2. The van der Waals surface area contributed by atoms with E-state index in [0.717, 1.165) is 5.69 Å². The molecule has 0 aliphatic carbocycles. The molecule has 0 fully saturated rings. The first-order valence-corrected chi connectivity index (χ1v) is 9.87. The highest BCUT2D eigenvalue weighted by Gasteiger charge is 2.20. The maximum absolute atomic E-state index is 13.6. The number of halogens is 1. The number of fused-ring (bicyclic) bond motifs is 1. The fourth-order valence-electron chi connectivity index (χ4n) is 3.82. The summed E-state index contributed by atoms with van der Waals surface area (Å²) in [4.78, 5) is 29.9. The van der Waals surface area contributed by atoms with Crippen molar-refractivity contribution in [2.24, 2.45) is 0 Å². The van der Waals surface area contributed by atoms with E-state index in [1.165, 1.54) is 12.1 Å². The number of ether oxygens (including phenoxy) is 1. The summed E-state index contributed by atoms with van der Waals surface area (Å²) in [6.45, 7) is 5.04. The summed E-state index contributed by atoms with van der Waals surface area (Å²) in [6, 6.07) is 16.8. The second-order valence-electron chi connectivity index (χ2n) is 7.43. The zero-order valence-corrected chi connectivity index (χ0v) is 17.5. The van der Waals surface area contributed by atoms with E-state index >= 15 is 0 Å². The first kappa shape index (κ1) is 20.5. The third-order valence-corrected chi connectivity index (χ3v) is 5.20. The van der Waals surface area contributed by atoms with Crippen molar-refractivity contribution in [1.29, 1.82) is 0 Å². The number of pyridine rings is 1. The molecule has 0 spiro atoms. The molecule has 6 heteroatoms. The summed E-state index contributed by atoms with van der Waals surface area (Å²) >= 11 is 0. The lowest BCUT2D eigenvalue weighted by atomic mass is 10.1. The number of esters is 1. The van der Waals surface area contributed by atoms with Gasteiger partial charge in [0.1, 0.15) is 5.82 Å². The van der Waals surface area contributed by atoms with Gasteiger partial charge in [-0.1, -0.05) is 24.3 Å². The molecule has 4 rings (SSSR count). The molecule has 31 heavy (non-hydrogen) atoms. The maximum atomic E-state index is 13.6. The Kier molecular flexibility index (Phi) is 5.38. The number of aryl methyl sites for hydroxylation is 2. The molecule has 4 aromatic rings. The highest BCUT2D eigenvalue weighted by Crippen LogP contribution is 2.23. The average Bonchev–Trinajstić information content (AvgIpc) is 3.05. The largest absolute Gasteiger partial charge is 0.454 e. The molecule has 0 bridgehead atoms. The third kappa shape index (κ3) is 3.97. The minimum atomic E-state index is -0.575. The molecule has 0 amide bonds. The number of para-hydroxylation sites is 1. The summed E-state index contributed by atoms with van der Waals surface area (Å²) in [6.07, 6.45) is 0. The number of hydrogen-bond acceptors (Lipinski definition) is 4. The van der Waals surface area contributed by atoms with Crippen molar-refractivity contribution in [2.45, 2.75) is 20.8 Å². The van der Waals surface area contributed by atoms with Crippen LogP contribution in [0.15, 0.2) is 60.7 Å². The minimum Gasteiger partial charge on any atom is -0.454 e. The second-order valence-corrected chi connectivity index (χ2v) is 7.43. The van der Waals surface area contributed by atoms with E-state index in [4.69, 9.17) is 4.74 Å². The molecule has 0 saturated carbocycles. The monoisotopic (exact) mass is 416 g/mol. The van der Waals surface area contributed by atoms with E-state index in [-0.39, 0.29) is 18.2 Å². The van der Waals surface area contributed by atoms with Crippen LogP contribution in [0.2, 0.25) is 0 Å². The van der Waals surface area contributed by atoms with E-state index in [9.17, 15) is 14.0 Å². The molecule has 0 atom stereocenters. The van der Waals surface area contributed by atoms with Crippen LogP contribution in [0.25, 0.3) is 16.6 Å². The van der Waals surface area contributed by atoms with E-state index < -0.39 is 5.97 Å². The van der Waals surface area contributed by atoms with Crippen LogP contribution in [-0.2, 0) is 4.74 Å². The molecule has 5 nitrogen and oxygen atoms in total. The average molecular weight is 416 g/mol. The summed E-state index contributed by atoms with van der Waals surface area (Å²) in [5, 5.41) is 0.676. The van der Waals surface area contributed by atoms with E-state index in [2.05, 4.69) is 4.98 Å². The highest BCUT2D eigenvalue weighted by molar-refractivity contribution is 6.05. The van der Waals surface area contributed by atoms with E-state index in [1.807, 2.05) is 25.1 Å². The van der Waals surface area contributed by atoms with Gasteiger partial charge in [0, 0.05) is 33.7 Å². The molecule has 2 aromatic heterocycles. The van der Waals surface area contributed by atoms with Crippen molar-refractivity contribution in [2.75, 3.05) is 6.61 Å². The topological polar surface area (TPSA) is 61.2 Å². The lowest BCUT2D eigenvalue weighted by Gasteiger charge is -2.10. The van der Waals surface area contributed by atoms with Gasteiger partial charge in [0.05, 0.1) is 11.1 Å². The zero-order chi connectivity index (χ0) is 22.1. The van der Waals surface area contributed by atoms with Gasteiger partial charge in [-0.15, -0.1) is 0 Å². The standard InChI is InChI=1S/C25H21FN2O3/c1-15-11-22(20-9-4-5-10-23(20)27-15)25(30)31-14-24(29)21-12-16(2)28(17(21)3)19-8-6-7-18(26)13-19/h4-13H,14H2,1-3H3. The molecule has 2 heterocycles. The number of ketones is 1. The van der Waals surface area contributed by atoms with Crippen LogP contribution in [0.1, 0.15) is 37.8 Å². The van der Waals surface area contributed by atoms with Gasteiger partial charge in [-0.2, -0.15) is 0 Å². The predicted octanol–water partition coefficient (Wildman–Crippen LogP) is 5.13. The first-order valence-electron chi connectivity index (χ1n) is 9.87. The van der Waals surface area contributed by atoms with Gasteiger partial charge in [0.15, 0.2) is 6.61 Å². The normalized spacial score (nSPS) is 11.0. The number of carbonyl (C=O) groups is 2. The molecule has 0 radical (unpaired) electrons. The Labute approximate surface area is 179 Å². The van der Waals surface area contributed by atoms with E-state index in [1.54, 1.807) is 48.7 Å². The van der Waals surface area contributed by atoms with Crippen LogP contribution >= 0.6 is 0 Å². The van der Waals surface area contributed by atoms with Crippen molar-refractivity contribution in [3.05, 3.63) is 94.7 Å². The van der Waals surface area contributed by atoms with Crippen molar-refractivity contribution in [3.8, 4) is 5.69 Å². The first-order chi connectivity index (χ1) is 14.8. The summed E-state index contributed by atoms with van der Waals surface area (Å²) in [5.74, 6) is -1.25. The van der Waals surface area contributed by atoms with Crippen LogP contribution in [0.5, 0.6) is 0 Å². The maximum Gasteiger partial charge on any atom is 0.339 e. The van der Waals surface area contributed by atoms with Gasteiger partial charge in [0.2, 0.25) is 5.78 Å². The molecule has 0 N–H and O–H groups in total. The quantitative estimate of drug-likeness (QED) is 0.334. The fraction of sp³-hybridized carbons (Fsp3) is 0.160. The van der Waals surface area contributed by atoms with Crippen molar-refractivity contribution in [1.82, 2.24) is 9.55 Å². The van der Waals surface area contributed by atoms with Crippen molar-refractivity contribution >= 4 is 22.7 Å². The van der Waals surface area contributed by atoms with Crippen molar-refractivity contribution in [3.63, 3.8) is 0 Å². The van der Waals surface area contributed by atoms with Crippen LogP contribution < -0.4 is 0 Å². The third-order valence-electron chi connectivity index (χ3n) is 5.20. The number of hydrogen-bond donors (Lipinski definition) is 0. The molecular weight excluding hydrogens is 395 g/mol. The SMILES string of the molecule is Cc1cc(C(=O)OCC(=O)c2cc(C)n(-c3cccc(F)c3)c2C)c2ccccc2n1. The van der Waals surface area contributed by atoms with Gasteiger partial charge in [-0.05, 0) is 57.2 Å². The summed E-state index contributed by atoms with van der Waals surface area (Å²) < 4.78 is 20.8. The lowest BCUT2D eigenvalue weighted by Crippen LogP contribution is -2.15. The van der Waals surface area contributed by atoms with Gasteiger partial charge in [-0.3, -0.25) is 9.78 Å². The molecule has 156 valence electrons. The minimum absolute atomic E-state index is 0.320. The molecule has 0 aliphatic rings. The fourth-order valence-corrected chi connectivity index (χ4v) is 3.82. The Bertz CT molecular complexity index is 1320. The van der Waals surface area contributed by atoms with E-state index in [0.29, 0.717) is 39.1 Å². The Morgan fingerprint density at radius 1 is 0.968 bits per heavy atom. The number of aromatic nitrogens is 2.